The Labute approximate surface area is 120 Å². The number of hydrogen-bond acceptors (Lipinski definition) is 6. The summed E-state index contributed by atoms with van der Waals surface area (Å²) in [6.45, 7) is 0.524. The van der Waals surface area contributed by atoms with Crippen molar-refractivity contribution in [2.75, 3.05) is 39.2 Å². The zero-order chi connectivity index (χ0) is 15.8. The van der Waals surface area contributed by atoms with Crippen molar-refractivity contribution in [3.63, 3.8) is 0 Å². The molecular formula is C12H16FN3O5. The molecule has 1 aromatic carbocycles. The molecule has 0 saturated carbocycles. The number of hydrogen-bond donors (Lipinski definition) is 2. The van der Waals surface area contributed by atoms with Crippen molar-refractivity contribution in [3.05, 3.63) is 28.1 Å². The summed E-state index contributed by atoms with van der Waals surface area (Å²) in [5.74, 6) is -1.29. The molecule has 0 radical (unpaired) electrons. The second kappa shape index (κ2) is 8.00. The Hall–Kier alpha value is -2.42. The fourth-order valence-corrected chi connectivity index (χ4v) is 1.52. The molecule has 0 bridgehead atoms. The normalized spacial score (nSPS) is 10.0. The van der Waals surface area contributed by atoms with Crippen LogP contribution >= 0.6 is 0 Å². The Morgan fingerprint density at radius 1 is 1.43 bits per heavy atom. The topological polar surface area (TPSA) is 103 Å². The number of ether oxygens (including phenoxy) is 2. The molecule has 1 amide bonds. The smallest absolute Gasteiger partial charge is 0.313 e. The van der Waals surface area contributed by atoms with E-state index >= 15 is 0 Å². The lowest BCUT2D eigenvalue weighted by Crippen LogP contribution is -2.32. The fourth-order valence-electron chi connectivity index (χ4n) is 1.52. The first kappa shape index (κ1) is 16.6. The van der Waals surface area contributed by atoms with Gasteiger partial charge in [-0.25, -0.2) is 4.39 Å². The number of nitro benzene ring substituents is 1. The number of halogens is 1. The zero-order valence-corrected chi connectivity index (χ0v) is 11.6. The highest BCUT2D eigenvalue weighted by atomic mass is 19.1. The Morgan fingerprint density at radius 3 is 2.71 bits per heavy atom. The molecule has 116 valence electrons. The molecule has 0 aliphatic rings. The standard InChI is InChI=1S/C12H16FN3O5/c1-20-4-3-14-12(17)7-15-9-6-11(21-2)10(16(18)19)5-8(9)13/h5-6,15H,3-4,7H2,1-2H3,(H,14,17). The van der Waals surface area contributed by atoms with Gasteiger partial charge in [-0.1, -0.05) is 0 Å². The van der Waals surface area contributed by atoms with Crippen LogP contribution in [0, 0.1) is 15.9 Å². The van der Waals surface area contributed by atoms with Gasteiger partial charge in [0, 0.05) is 19.7 Å². The summed E-state index contributed by atoms with van der Waals surface area (Å²) in [6.07, 6.45) is 0. The maximum atomic E-state index is 13.7. The summed E-state index contributed by atoms with van der Waals surface area (Å²) in [5, 5.41) is 15.8. The van der Waals surface area contributed by atoms with Crippen molar-refractivity contribution < 1.29 is 23.6 Å². The number of nitrogens with one attached hydrogen (secondary N) is 2. The second-order valence-electron chi connectivity index (χ2n) is 3.96. The van der Waals surface area contributed by atoms with Crippen molar-refractivity contribution in [2.45, 2.75) is 0 Å². The Bertz CT molecular complexity index is 524. The number of benzene rings is 1. The monoisotopic (exact) mass is 301 g/mol. The van der Waals surface area contributed by atoms with Gasteiger partial charge in [-0.3, -0.25) is 14.9 Å². The molecule has 0 spiro atoms. The van der Waals surface area contributed by atoms with Crippen molar-refractivity contribution in [1.82, 2.24) is 5.32 Å². The van der Waals surface area contributed by atoms with Crippen molar-refractivity contribution >= 4 is 17.3 Å². The van der Waals surface area contributed by atoms with Gasteiger partial charge in [0.05, 0.1) is 36.9 Å². The molecule has 0 unspecified atom stereocenters. The van der Waals surface area contributed by atoms with Crippen molar-refractivity contribution in [1.29, 1.82) is 0 Å². The molecule has 8 nitrogen and oxygen atoms in total. The Morgan fingerprint density at radius 2 is 2.14 bits per heavy atom. The first-order valence-corrected chi connectivity index (χ1v) is 6.01. The highest BCUT2D eigenvalue weighted by Gasteiger charge is 2.19. The predicted octanol–water partition coefficient (Wildman–Crippen LogP) is 0.917. The lowest BCUT2D eigenvalue weighted by Gasteiger charge is -2.10. The molecule has 0 saturated heterocycles. The fraction of sp³-hybridized carbons (Fsp3) is 0.417. The minimum atomic E-state index is -0.841. The zero-order valence-electron chi connectivity index (χ0n) is 11.6. The van der Waals surface area contributed by atoms with Crippen LogP contribution in [0.4, 0.5) is 15.8 Å². The first-order chi connectivity index (χ1) is 9.99. The van der Waals surface area contributed by atoms with Gasteiger partial charge in [0.1, 0.15) is 0 Å². The van der Waals surface area contributed by atoms with Gasteiger partial charge < -0.3 is 20.1 Å². The van der Waals surface area contributed by atoms with E-state index in [9.17, 15) is 19.3 Å². The lowest BCUT2D eigenvalue weighted by atomic mass is 10.2. The highest BCUT2D eigenvalue weighted by Crippen LogP contribution is 2.32. The van der Waals surface area contributed by atoms with Gasteiger partial charge in [-0.15, -0.1) is 0 Å². The number of rotatable bonds is 8. The molecule has 9 heteroatoms. The third-order valence-electron chi connectivity index (χ3n) is 2.53. The Balaban J connectivity index is 2.71. The predicted molar refractivity (Wildman–Crippen MR) is 73.0 cm³/mol. The average Bonchev–Trinajstić information content (AvgIpc) is 2.45. The van der Waals surface area contributed by atoms with Gasteiger partial charge in [-0.2, -0.15) is 0 Å². The third kappa shape index (κ3) is 4.88. The van der Waals surface area contributed by atoms with Crippen molar-refractivity contribution in [3.8, 4) is 5.75 Å². The van der Waals surface area contributed by atoms with Crippen LogP contribution in [0.15, 0.2) is 12.1 Å². The van der Waals surface area contributed by atoms with E-state index in [1.54, 1.807) is 0 Å². The van der Waals surface area contributed by atoms with Crippen LogP contribution in [-0.4, -0.2) is 44.7 Å². The highest BCUT2D eigenvalue weighted by molar-refractivity contribution is 5.81. The van der Waals surface area contributed by atoms with Gasteiger partial charge in [0.15, 0.2) is 11.6 Å². The minimum absolute atomic E-state index is 0.0562. The summed E-state index contributed by atoms with van der Waals surface area (Å²) in [5.41, 5.74) is -0.538. The molecule has 1 rings (SSSR count). The molecule has 21 heavy (non-hydrogen) atoms. The molecule has 0 aliphatic heterocycles. The Kier molecular flexibility index (Phi) is 6.34. The van der Waals surface area contributed by atoms with E-state index in [0.717, 1.165) is 12.1 Å². The third-order valence-corrected chi connectivity index (χ3v) is 2.53. The SMILES string of the molecule is COCCNC(=O)CNc1cc(OC)c([N+](=O)[O-])cc1F. The summed E-state index contributed by atoms with van der Waals surface area (Å²) in [4.78, 5) is 21.4. The molecule has 2 N–H and O–H groups in total. The number of nitrogens with zero attached hydrogens (tertiary/aromatic N) is 1. The van der Waals surface area contributed by atoms with E-state index in [4.69, 9.17) is 9.47 Å². The largest absolute Gasteiger partial charge is 0.490 e. The molecule has 0 atom stereocenters. The molecule has 0 aliphatic carbocycles. The number of anilines is 1. The maximum Gasteiger partial charge on any atom is 0.313 e. The summed E-state index contributed by atoms with van der Waals surface area (Å²) in [6, 6.07) is 1.87. The summed E-state index contributed by atoms with van der Waals surface area (Å²) < 4.78 is 23.3. The second-order valence-corrected chi connectivity index (χ2v) is 3.96. The van der Waals surface area contributed by atoms with Crippen LogP contribution in [0.3, 0.4) is 0 Å². The van der Waals surface area contributed by atoms with E-state index in [2.05, 4.69) is 10.6 Å². The molecule has 0 fully saturated rings. The van der Waals surface area contributed by atoms with E-state index in [-0.39, 0.29) is 23.9 Å². The van der Waals surface area contributed by atoms with Gasteiger partial charge in [0.2, 0.25) is 5.91 Å². The molecular weight excluding hydrogens is 285 g/mol. The van der Waals surface area contributed by atoms with E-state index < -0.39 is 16.4 Å². The van der Waals surface area contributed by atoms with Crippen LogP contribution in [0.1, 0.15) is 0 Å². The van der Waals surface area contributed by atoms with E-state index in [1.165, 1.54) is 14.2 Å². The average molecular weight is 301 g/mol. The maximum absolute atomic E-state index is 13.7. The van der Waals surface area contributed by atoms with Crippen LogP contribution in [-0.2, 0) is 9.53 Å². The lowest BCUT2D eigenvalue weighted by molar-refractivity contribution is -0.385. The van der Waals surface area contributed by atoms with Gasteiger partial charge in [-0.05, 0) is 0 Å². The molecule has 0 heterocycles. The number of amides is 1. The number of carbonyl (C=O) groups is 1. The molecule has 1 aromatic rings. The summed E-state index contributed by atoms with van der Waals surface area (Å²) in [7, 11) is 2.74. The van der Waals surface area contributed by atoms with Crippen LogP contribution in [0.5, 0.6) is 5.75 Å². The van der Waals surface area contributed by atoms with Gasteiger partial charge >= 0.3 is 5.69 Å². The van der Waals surface area contributed by atoms with E-state index in [1.807, 2.05) is 0 Å². The number of nitro groups is 1. The summed E-state index contributed by atoms with van der Waals surface area (Å²) >= 11 is 0. The first-order valence-electron chi connectivity index (χ1n) is 6.01. The van der Waals surface area contributed by atoms with Gasteiger partial charge in [0.25, 0.3) is 0 Å². The van der Waals surface area contributed by atoms with Crippen molar-refractivity contribution in [2.24, 2.45) is 0 Å². The van der Waals surface area contributed by atoms with Crippen LogP contribution in [0.25, 0.3) is 0 Å². The van der Waals surface area contributed by atoms with Crippen LogP contribution < -0.4 is 15.4 Å². The molecule has 0 aromatic heterocycles. The quantitative estimate of drug-likeness (QED) is 0.420. The number of methoxy groups -OCH3 is 2. The minimum Gasteiger partial charge on any atom is -0.490 e. The van der Waals surface area contributed by atoms with Crippen LogP contribution in [0.2, 0.25) is 0 Å². The number of carbonyl (C=O) groups excluding carboxylic acids is 1. The van der Waals surface area contributed by atoms with E-state index in [0.29, 0.717) is 13.2 Å².